The third-order valence-electron chi connectivity index (χ3n) is 3.05. The van der Waals surface area contributed by atoms with Gasteiger partial charge in [0.05, 0.1) is 10.7 Å². The maximum absolute atomic E-state index is 12.9. The number of hydrogen-bond acceptors (Lipinski definition) is 4. The first-order chi connectivity index (χ1) is 11.5. The lowest BCUT2D eigenvalue weighted by Crippen LogP contribution is -2.20. The average molecular weight is 366 g/mol. The SMILES string of the molecule is O=C(Cn1nnc(-c2ccc(F)cc2)n1)Nc1ccc(Cl)cc1Cl. The summed E-state index contributed by atoms with van der Waals surface area (Å²) < 4.78 is 12.9. The van der Waals surface area contributed by atoms with Crippen molar-refractivity contribution in [1.82, 2.24) is 20.2 Å². The van der Waals surface area contributed by atoms with Gasteiger partial charge in [0.1, 0.15) is 12.4 Å². The highest BCUT2D eigenvalue weighted by Crippen LogP contribution is 2.25. The van der Waals surface area contributed by atoms with Crippen LogP contribution < -0.4 is 5.32 Å². The average Bonchev–Trinajstić information content (AvgIpc) is 2.99. The Balaban J connectivity index is 1.68. The van der Waals surface area contributed by atoms with Crippen LogP contribution in [0.4, 0.5) is 10.1 Å². The predicted molar refractivity (Wildman–Crippen MR) is 88.3 cm³/mol. The van der Waals surface area contributed by atoms with Crippen LogP contribution >= 0.6 is 23.2 Å². The minimum atomic E-state index is -0.373. The maximum atomic E-state index is 12.9. The van der Waals surface area contributed by atoms with Gasteiger partial charge in [0.25, 0.3) is 0 Å². The Bertz CT molecular complexity index is 882. The van der Waals surface area contributed by atoms with Gasteiger partial charge in [-0.05, 0) is 47.7 Å². The largest absolute Gasteiger partial charge is 0.323 e. The van der Waals surface area contributed by atoms with Crippen LogP contribution in [0.15, 0.2) is 42.5 Å². The molecular weight excluding hydrogens is 356 g/mol. The molecule has 9 heteroatoms. The van der Waals surface area contributed by atoms with E-state index in [1.807, 2.05) is 0 Å². The molecule has 1 N–H and O–H groups in total. The molecule has 1 aromatic heterocycles. The molecule has 3 rings (SSSR count). The topological polar surface area (TPSA) is 72.7 Å². The van der Waals surface area contributed by atoms with Crippen molar-refractivity contribution in [3.8, 4) is 11.4 Å². The van der Waals surface area contributed by atoms with Gasteiger partial charge in [-0.2, -0.15) is 4.80 Å². The van der Waals surface area contributed by atoms with E-state index in [1.54, 1.807) is 12.1 Å². The normalized spacial score (nSPS) is 10.6. The second-order valence-corrected chi connectivity index (χ2v) is 5.67. The molecule has 6 nitrogen and oxygen atoms in total. The Hall–Kier alpha value is -2.51. The smallest absolute Gasteiger partial charge is 0.248 e. The Morgan fingerprint density at radius 3 is 2.62 bits per heavy atom. The number of nitrogens with one attached hydrogen (secondary N) is 1. The van der Waals surface area contributed by atoms with Crippen LogP contribution in [0.5, 0.6) is 0 Å². The van der Waals surface area contributed by atoms with Crippen molar-refractivity contribution in [1.29, 1.82) is 0 Å². The van der Waals surface area contributed by atoms with Crippen LogP contribution in [0.1, 0.15) is 0 Å². The van der Waals surface area contributed by atoms with Gasteiger partial charge in [0, 0.05) is 10.6 Å². The molecule has 0 fully saturated rings. The Morgan fingerprint density at radius 1 is 1.17 bits per heavy atom. The van der Waals surface area contributed by atoms with Gasteiger partial charge in [0.2, 0.25) is 11.7 Å². The van der Waals surface area contributed by atoms with Crippen molar-refractivity contribution < 1.29 is 9.18 Å². The first kappa shape index (κ1) is 16.4. The summed E-state index contributed by atoms with van der Waals surface area (Å²) in [6.45, 7) is -0.146. The number of rotatable bonds is 4. The number of aromatic nitrogens is 4. The van der Waals surface area contributed by atoms with Gasteiger partial charge >= 0.3 is 0 Å². The monoisotopic (exact) mass is 365 g/mol. The van der Waals surface area contributed by atoms with E-state index in [1.165, 1.54) is 30.3 Å². The number of amides is 1. The fraction of sp³-hybridized carbons (Fsp3) is 0.0667. The summed E-state index contributed by atoms with van der Waals surface area (Å²) in [4.78, 5) is 13.2. The third-order valence-corrected chi connectivity index (χ3v) is 3.59. The molecule has 0 unspecified atom stereocenters. The zero-order valence-corrected chi connectivity index (χ0v) is 13.6. The molecule has 1 heterocycles. The molecule has 3 aromatic rings. The number of tetrazole rings is 1. The summed E-state index contributed by atoms with van der Waals surface area (Å²) in [7, 11) is 0. The fourth-order valence-electron chi connectivity index (χ4n) is 1.93. The second kappa shape index (κ2) is 6.94. The van der Waals surface area contributed by atoms with Crippen molar-refractivity contribution >= 4 is 34.8 Å². The van der Waals surface area contributed by atoms with Crippen molar-refractivity contribution in [3.63, 3.8) is 0 Å². The van der Waals surface area contributed by atoms with Crippen molar-refractivity contribution in [2.45, 2.75) is 6.54 Å². The number of nitrogens with zero attached hydrogens (tertiary/aromatic N) is 4. The van der Waals surface area contributed by atoms with Crippen LogP contribution in [0, 0.1) is 5.82 Å². The lowest BCUT2D eigenvalue weighted by atomic mass is 10.2. The molecule has 0 aliphatic rings. The van der Waals surface area contributed by atoms with Crippen molar-refractivity contribution in [2.24, 2.45) is 0 Å². The summed E-state index contributed by atoms with van der Waals surface area (Å²) in [6, 6.07) is 10.4. The lowest BCUT2D eigenvalue weighted by molar-refractivity contribution is -0.117. The first-order valence-corrected chi connectivity index (χ1v) is 7.55. The molecular formula is C15H10Cl2FN5O. The van der Waals surface area contributed by atoms with Crippen LogP contribution in [-0.4, -0.2) is 26.1 Å². The maximum Gasteiger partial charge on any atom is 0.248 e. The van der Waals surface area contributed by atoms with E-state index >= 15 is 0 Å². The van der Waals surface area contributed by atoms with E-state index in [0.29, 0.717) is 27.1 Å². The van der Waals surface area contributed by atoms with Gasteiger partial charge in [-0.25, -0.2) is 4.39 Å². The molecule has 0 radical (unpaired) electrons. The van der Waals surface area contributed by atoms with E-state index in [0.717, 1.165) is 4.80 Å². The zero-order valence-electron chi connectivity index (χ0n) is 12.1. The second-order valence-electron chi connectivity index (χ2n) is 4.82. The summed E-state index contributed by atoms with van der Waals surface area (Å²) in [6.07, 6.45) is 0. The standard InChI is InChI=1S/C15H10Cl2FN5O/c16-10-3-6-13(12(17)7-10)19-14(24)8-23-21-15(20-22-23)9-1-4-11(18)5-2-9/h1-7H,8H2,(H,19,24). The van der Waals surface area contributed by atoms with Gasteiger partial charge in [-0.3, -0.25) is 4.79 Å². The summed E-state index contributed by atoms with van der Waals surface area (Å²) >= 11 is 11.8. The van der Waals surface area contributed by atoms with Crippen LogP contribution in [0.3, 0.4) is 0 Å². The number of carbonyl (C=O) groups excluding carboxylic acids is 1. The van der Waals surface area contributed by atoms with Crippen LogP contribution in [-0.2, 0) is 11.3 Å². The van der Waals surface area contributed by atoms with E-state index < -0.39 is 0 Å². The van der Waals surface area contributed by atoms with E-state index in [9.17, 15) is 9.18 Å². The van der Waals surface area contributed by atoms with Crippen LogP contribution in [0.2, 0.25) is 10.0 Å². The quantitative estimate of drug-likeness (QED) is 0.768. The van der Waals surface area contributed by atoms with Crippen molar-refractivity contribution in [3.05, 3.63) is 58.3 Å². The molecule has 0 saturated heterocycles. The lowest BCUT2D eigenvalue weighted by Gasteiger charge is -2.06. The molecule has 0 aliphatic carbocycles. The molecule has 122 valence electrons. The first-order valence-electron chi connectivity index (χ1n) is 6.80. The van der Waals surface area contributed by atoms with Crippen LogP contribution in [0.25, 0.3) is 11.4 Å². The minimum absolute atomic E-state index is 0.146. The molecule has 0 spiro atoms. The molecule has 2 aromatic carbocycles. The third kappa shape index (κ3) is 3.87. The highest BCUT2D eigenvalue weighted by molar-refractivity contribution is 6.36. The molecule has 0 saturated carbocycles. The van der Waals surface area contributed by atoms with Crippen molar-refractivity contribution in [2.75, 3.05) is 5.32 Å². The van der Waals surface area contributed by atoms with E-state index in [-0.39, 0.29) is 18.3 Å². The number of benzene rings is 2. The predicted octanol–water partition coefficient (Wildman–Crippen LogP) is 3.42. The van der Waals surface area contributed by atoms with Gasteiger partial charge in [-0.1, -0.05) is 23.2 Å². The fourth-order valence-corrected chi connectivity index (χ4v) is 2.39. The molecule has 0 aliphatic heterocycles. The zero-order chi connectivity index (χ0) is 17.1. The molecule has 24 heavy (non-hydrogen) atoms. The molecule has 0 atom stereocenters. The highest BCUT2D eigenvalue weighted by atomic mass is 35.5. The van der Waals surface area contributed by atoms with E-state index in [2.05, 4.69) is 20.7 Å². The highest BCUT2D eigenvalue weighted by Gasteiger charge is 2.11. The summed E-state index contributed by atoms with van der Waals surface area (Å²) in [5, 5.41) is 15.2. The van der Waals surface area contributed by atoms with E-state index in [4.69, 9.17) is 23.2 Å². The Kier molecular flexibility index (Phi) is 4.73. The molecule has 1 amide bonds. The Labute approximate surface area is 146 Å². The van der Waals surface area contributed by atoms with Gasteiger partial charge in [-0.15, -0.1) is 10.2 Å². The van der Waals surface area contributed by atoms with Gasteiger partial charge in [0.15, 0.2) is 0 Å². The minimum Gasteiger partial charge on any atom is -0.323 e. The summed E-state index contributed by atoms with van der Waals surface area (Å²) in [5.74, 6) is -0.431. The Morgan fingerprint density at radius 2 is 1.92 bits per heavy atom. The number of halogens is 3. The molecule has 0 bridgehead atoms. The summed E-state index contributed by atoms with van der Waals surface area (Å²) in [5.41, 5.74) is 1.04. The number of hydrogen-bond donors (Lipinski definition) is 1. The van der Waals surface area contributed by atoms with Gasteiger partial charge < -0.3 is 5.32 Å². The number of carbonyl (C=O) groups is 1. The number of anilines is 1.